The molecule has 4 nitrogen and oxygen atoms in total. The zero-order valence-electron chi connectivity index (χ0n) is 11.8. The van der Waals surface area contributed by atoms with Crippen LogP contribution in [0.3, 0.4) is 0 Å². The van der Waals surface area contributed by atoms with Gasteiger partial charge in [0.2, 0.25) is 0 Å². The highest BCUT2D eigenvalue weighted by Gasteiger charge is 2.16. The zero-order valence-corrected chi connectivity index (χ0v) is 12.6. The number of carboxylic acid groups (broad SMARTS) is 1. The molecular weight excluding hydrogens is 300 g/mol. The predicted molar refractivity (Wildman–Crippen MR) is 85.7 cm³/mol. The lowest BCUT2D eigenvalue weighted by molar-refractivity contribution is 0.0687. The lowest BCUT2D eigenvalue weighted by Crippen LogP contribution is -2.07. The summed E-state index contributed by atoms with van der Waals surface area (Å²) in [6.07, 6.45) is 0. The van der Waals surface area contributed by atoms with Crippen molar-refractivity contribution >= 4 is 17.6 Å². The average molecular weight is 313 g/mol. The van der Waals surface area contributed by atoms with Crippen molar-refractivity contribution in [2.45, 2.75) is 6.92 Å². The van der Waals surface area contributed by atoms with E-state index >= 15 is 0 Å². The van der Waals surface area contributed by atoms with Crippen LogP contribution >= 0.6 is 11.6 Å². The van der Waals surface area contributed by atoms with Gasteiger partial charge in [-0.3, -0.25) is 0 Å². The topological polar surface area (TPSA) is 55.1 Å². The fourth-order valence-corrected chi connectivity index (χ4v) is 2.38. The highest BCUT2D eigenvalue weighted by atomic mass is 35.5. The van der Waals surface area contributed by atoms with E-state index in [9.17, 15) is 9.90 Å². The molecule has 2 aromatic carbocycles. The molecule has 0 saturated carbocycles. The molecule has 5 heteroatoms. The predicted octanol–water partition coefficient (Wildman–Crippen LogP) is 4.20. The number of carbonyl (C=O) groups is 1. The Labute approximate surface area is 132 Å². The van der Waals surface area contributed by atoms with Gasteiger partial charge in [-0.2, -0.15) is 5.10 Å². The van der Waals surface area contributed by atoms with Crippen molar-refractivity contribution in [1.82, 2.24) is 9.78 Å². The van der Waals surface area contributed by atoms with Gasteiger partial charge in [-0.25, -0.2) is 9.48 Å². The number of rotatable bonds is 3. The second kappa shape index (κ2) is 5.66. The molecule has 0 radical (unpaired) electrons. The maximum absolute atomic E-state index is 11.5. The van der Waals surface area contributed by atoms with Crippen molar-refractivity contribution < 1.29 is 9.90 Å². The van der Waals surface area contributed by atoms with E-state index in [4.69, 9.17) is 11.6 Å². The summed E-state index contributed by atoms with van der Waals surface area (Å²) in [6.45, 7) is 1.95. The van der Waals surface area contributed by atoms with Crippen LogP contribution in [0, 0.1) is 6.92 Å². The molecule has 1 heterocycles. The minimum atomic E-state index is -1.02. The van der Waals surface area contributed by atoms with Crippen molar-refractivity contribution in [3.05, 3.63) is 70.9 Å². The van der Waals surface area contributed by atoms with E-state index in [1.165, 1.54) is 4.68 Å². The van der Waals surface area contributed by atoms with Crippen LogP contribution in [0.2, 0.25) is 5.02 Å². The van der Waals surface area contributed by atoms with Crippen LogP contribution in [0.4, 0.5) is 0 Å². The summed E-state index contributed by atoms with van der Waals surface area (Å²) in [5.74, 6) is -1.02. The molecule has 0 aliphatic rings. The number of halogens is 1. The van der Waals surface area contributed by atoms with Gasteiger partial charge < -0.3 is 5.11 Å². The van der Waals surface area contributed by atoms with Crippen LogP contribution in [0.1, 0.15) is 16.1 Å². The van der Waals surface area contributed by atoms with E-state index in [0.29, 0.717) is 10.7 Å². The summed E-state index contributed by atoms with van der Waals surface area (Å²) in [6, 6.07) is 16.3. The summed E-state index contributed by atoms with van der Waals surface area (Å²) in [7, 11) is 0. The summed E-state index contributed by atoms with van der Waals surface area (Å²) >= 11 is 5.88. The van der Waals surface area contributed by atoms with Crippen molar-refractivity contribution in [3.8, 4) is 16.9 Å². The normalized spacial score (nSPS) is 10.6. The third-order valence-electron chi connectivity index (χ3n) is 3.31. The van der Waals surface area contributed by atoms with E-state index in [0.717, 1.165) is 16.8 Å². The van der Waals surface area contributed by atoms with Crippen molar-refractivity contribution in [2.24, 2.45) is 0 Å². The van der Waals surface area contributed by atoms with E-state index in [1.54, 1.807) is 18.2 Å². The summed E-state index contributed by atoms with van der Waals surface area (Å²) in [5.41, 5.74) is 3.29. The molecule has 0 fully saturated rings. The number of aryl methyl sites for hydroxylation is 1. The summed E-state index contributed by atoms with van der Waals surface area (Å²) in [4.78, 5) is 11.5. The molecule has 0 spiro atoms. The zero-order chi connectivity index (χ0) is 15.7. The molecule has 0 aliphatic carbocycles. The average Bonchev–Trinajstić information content (AvgIpc) is 2.93. The van der Waals surface area contributed by atoms with Gasteiger partial charge in [-0.05, 0) is 42.8 Å². The van der Waals surface area contributed by atoms with Gasteiger partial charge in [0.25, 0.3) is 0 Å². The van der Waals surface area contributed by atoms with E-state index in [-0.39, 0.29) is 5.69 Å². The second-order valence-corrected chi connectivity index (χ2v) is 5.41. The third kappa shape index (κ3) is 2.73. The molecule has 22 heavy (non-hydrogen) atoms. The minimum Gasteiger partial charge on any atom is -0.477 e. The highest BCUT2D eigenvalue weighted by Crippen LogP contribution is 2.23. The van der Waals surface area contributed by atoms with Gasteiger partial charge in [-0.1, -0.05) is 35.9 Å². The minimum absolute atomic E-state index is 0.121. The molecule has 0 atom stereocenters. The standard InChI is InChI=1S/C17H13ClN2O2/c1-11-3-2-4-14(9-11)20-16(17(21)22)10-15(19-20)12-5-7-13(18)8-6-12/h2-10H,1H3,(H,21,22). The molecular formula is C17H13ClN2O2. The van der Waals surface area contributed by atoms with Crippen molar-refractivity contribution in [1.29, 1.82) is 0 Å². The fraction of sp³-hybridized carbons (Fsp3) is 0.0588. The first-order valence-electron chi connectivity index (χ1n) is 6.71. The van der Waals surface area contributed by atoms with Crippen LogP contribution in [-0.2, 0) is 0 Å². The third-order valence-corrected chi connectivity index (χ3v) is 3.57. The first-order chi connectivity index (χ1) is 10.5. The number of hydrogen-bond donors (Lipinski definition) is 1. The van der Waals surface area contributed by atoms with Crippen LogP contribution in [-0.4, -0.2) is 20.9 Å². The maximum Gasteiger partial charge on any atom is 0.354 e. The van der Waals surface area contributed by atoms with Gasteiger partial charge in [-0.15, -0.1) is 0 Å². The van der Waals surface area contributed by atoms with Gasteiger partial charge in [0.1, 0.15) is 0 Å². The quantitative estimate of drug-likeness (QED) is 0.788. The monoisotopic (exact) mass is 312 g/mol. The Hall–Kier alpha value is -2.59. The Morgan fingerprint density at radius 3 is 2.50 bits per heavy atom. The number of hydrogen-bond acceptors (Lipinski definition) is 2. The van der Waals surface area contributed by atoms with E-state index < -0.39 is 5.97 Å². The second-order valence-electron chi connectivity index (χ2n) is 4.98. The molecule has 3 rings (SSSR count). The fourth-order valence-electron chi connectivity index (χ4n) is 2.25. The molecule has 1 aromatic heterocycles. The van der Waals surface area contributed by atoms with Gasteiger partial charge in [0.05, 0.1) is 11.4 Å². The SMILES string of the molecule is Cc1cccc(-n2nc(-c3ccc(Cl)cc3)cc2C(=O)O)c1. The molecule has 0 saturated heterocycles. The molecule has 0 bridgehead atoms. The van der Waals surface area contributed by atoms with Gasteiger partial charge in [0.15, 0.2) is 5.69 Å². The van der Waals surface area contributed by atoms with Crippen LogP contribution in [0.25, 0.3) is 16.9 Å². The first-order valence-corrected chi connectivity index (χ1v) is 7.09. The Morgan fingerprint density at radius 1 is 1.14 bits per heavy atom. The summed E-state index contributed by atoms with van der Waals surface area (Å²) in [5, 5.41) is 14.5. The Morgan fingerprint density at radius 2 is 1.86 bits per heavy atom. The molecule has 0 aliphatic heterocycles. The Balaban J connectivity index is 2.14. The number of nitrogens with zero attached hydrogens (tertiary/aromatic N) is 2. The molecule has 0 amide bonds. The van der Waals surface area contributed by atoms with E-state index in [2.05, 4.69) is 5.10 Å². The molecule has 0 unspecified atom stereocenters. The van der Waals surface area contributed by atoms with Gasteiger partial charge >= 0.3 is 5.97 Å². The molecule has 3 aromatic rings. The van der Waals surface area contributed by atoms with E-state index in [1.807, 2.05) is 43.3 Å². The maximum atomic E-state index is 11.5. The highest BCUT2D eigenvalue weighted by molar-refractivity contribution is 6.30. The largest absolute Gasteiger partial charge is 0.477 e. The number of aromatic carboxylic acids is 1. The van der Waals surface area contributed by atoms with Crippen LogP contribution in [0.15, 0.2) is 54.6 Å². The smallest absolute Gasteiger partial charge is 0.354 e. The van der Waals surface area contributed by atoms with Crippen LogP contribution in [0.5, 0.6) is 0 Å². The molecule has 1 N–H and O–H groups in total. The lowest BCUT2D eigenvalue weighted by Gasteiger charge is -2.05. The number of carboxylic acids is 1. The van der Waals surface area contributed by atoms with Gasteiger partial charge in [0, 0.05) is 10.6 Å². The van der Waals surface area contributed by atoms with Crippen molar-refractivity contribution in [3.63, 3.8) is 0 Å². The molecule has 110 valence electrons. The summed E-state index contributed by atoms with van der Waals surface area (Å²) < 4.78 is 1.44. The van der Waals surface area contributed by atoms with Crippen LogP contribution < -0.4 is 0 Å². The Kier molecular flexibility index (Phi) is 3.69. The Bertz CT molecular complexity index is 838. The lowest BCUT2D eigenvalue weighted by atomic mass is 10.1. The van der Waals surface area contributed by atoms with Crippen molar-refractivity contribution in [2.75, 3.05) is 0 Å². The first kappa shape index (κ1) is 14.4. The number of benzene rings is 2. The number of aromatic nitrogens is 2.